The predicted octanol–water partition coefficient (Wildman–Crippen LogP) is 2.43. The van der Waals surface area contributed by atoms with Crippen LogP contribution in [0.1, 0.15) is 39.9 Å². The van der Waals surface area contributed by atoms with Crippen molar-refractivity contribution in [2.24, 2.45) is 0 Å². The van der Waals surface area contributed by atoms with Crippen molar-refractivity contribution in [2.45, 2.75) is 51.3 Å². The molecule has 10 nitrogen and oxygen atoms in total. The van der Waals surface area contributed by atoms with Crippen molar-refractivity contribution < 1.29 is 41.5 Å². The molecule has 0 radical (unpaired) electrons. The fourth-order valence-electron chi connectivity index (χ4n) is 3.96. The molecule has 2 N–H and O–H groups in total. The minimum Gasteiger partial charge on any atom is -0.445 e. The Hall–Kier alpha value is -3.68. The second kappa shape index (κ2) is 9.76. The second-order valence-corrected chi connectivity index (χ2v) is 8.58. The number of nitrogens with one attached hydrogen (secondary N) is 2. The Morgan fingerprint density at radius 2 is 2.06 bits per heavy atom. The predicted molar refractivity (Wildman–Crippen MR) is 113 cm³/mol. The fourth-order valence-corrected chi connectivity index (χ4v) is 4.24. The third-order valence-electron chi connectivity index (χ3n) is 5.60. The third kappa shape index (κ3) is 5.42. The number of carbonyl (C=O) groups excluding carboxylic acids is 4. The van der Waals surface area contributed by atoms with Gasteiger partial charge in [0.05, 0.1) is 11.8 Å². The Morgan fingerprint density at radius 3 is 2.75 bits per heavy atom. The first-order valence-electron chi connectivity index (χ1n) is 10.6. The molecule has 0 spiro atoms. The number of hydrogen-bond donors (Lipinski definition) is 2. The van der Waals surface area contributed by atoms with E-state index >= 15 is 4.39 Å². The molecule has 1 aromatic heterocycles. The van der Waals surface area contributed by atoms with E-state index in [2.05, 4.69) is 15.7 Å². The highest BCUT2D eigenvalue weighted by atomic mass is 35.5. The van der Waals surface area contributed by atoms with Crippen molar-refractivity contribution in [3.63, 3.8) is 0 Å². The number of alkyl carbamates (subject to hydrolysis) is 1. The molecular formula is C21H18ClF4N5O5. The number of nitrogens with zero attached hydrogens (tertiary/aromatic N) is 3. The molecule has 15 heteroatoms. The Labute approximate surface area is 205 Å². The van der Waals surface area contributed by atoms with E-state index in [0.717, 1.165) is 17.3 Å². The van der Waals surface area contributed by atoms with Crippen molar-refractivity contribution in [1.82, 2.24) is 25.3 Å². The second-order valence-electron chi connectivity index (χ2n) is 8.18. The van der Waals surface area contributed by atoms with Gasteiger partial charge in [-0.1, -0.05) is 11.6 Å². The van der Waals surface area contributed by atoms with Crippen LogP contribution in [0, 0.1) is 5.82 Å². The van der Waals surface area contributed by atoms with Crippen molar-refractivity contribution in [1.29, 1.82) is 0 Å². The molecular weight excluding hydrogens is 514 g/mol. The highest BCUT2D eigenvalue weighted by molar-refractivity contribution is 6.32. The van der Waals surface area contributed by atoms with Crippen LogP contribution in [-0.4, -0.2) is 50.7 Å². The van der Waals surface area contributed by atoms with E-state index in [1.165, 1.54) is 6.07 Å². The van der Waals surface area contributed by atoms with Crippen LogP contribution in [0.3, 0.4) is 0 Å². The summed E-state index contributed by atoms with van der Waals surface area (Å²) in [7, 11) is 0. The smallest absolute Gasteiger partial charge is 0.408 e. The standard InChI is InChI=1S/C21H18ClF4N5O5/c22-13-3-11(5-27-20(35)36-8-10-4-28-30(6-10)9-21(24,25)26)17(23)16-12(13)7-31(19(16)34)14-1-2-15(32)29-18(14)33/h3-4,6,14H,1-2,5,7-9H2,(H,27,35)(H,29,32,33). The summed E-state index contributed by atoms with van der Waals surface area (Å²) >= 11 is 6.25. The van der Waals surface area contributed by atoms with E-state index in [-0.39, 0.29) is 53.3 Å². The molecule has 2 aromatic rings. The first kappa shape index (κ1) is 25.4. The summed E-state index contributed by atoms with van der Waals surface area (Å²) in [5.74, 6) is -2.81. The summed E-state index contributed by atoms with van der Waals surface area (Å²) in [6.45, 7) is -2.20. The number of benzene rings is 1. The topological polar surface area (TPSA) is 123 Å². The van der Waals surface area contributed by atoms with Crippen LogP contribution in [0.5, 0.6) is 0 Å². The molecule has 1 fully saturated rings. The van der Waals surface area contributed by atoms with Crippen LogP contribution in [0.2, 0.25) is 5.02 Å². The normalized spacial score (nSPS) is 17.8. The number of carbonyl (C=O) groups is 4. The number of piperidine rings is 1. The number of rotatable bonds is 6. The van der Waals surface area contributed by atoms with Gasteiger partial charge in [-0.25, -0.2) is 9.18 Å². The first-order valence-corrected chi connectivity index (χ1v) is 10.9. The first-order chi connectivity index (χ1) is 16.9. The van der Waals surface area contributed by atoms with Gasteiger partial charge in [0.2, 0.25) is 11.8 Å². The van der Waals surface area contributed by atoms with Gasteiger partial charge in [0.1, 0.15) is 25.0 Å². The number of amides is 4. The van der Waals surface area contributed by atoms with E-state index in [1.807, 2.05) is 0 Å². The molecule has 1 aromatic carbocycles. The number of hydrogen-bond acceptors (Lipinski definition) is 6. The fraction of sp³-hybridized carbons (Fsp3) is 0.381. The summed E-state index contributed by atoms with van der Waals surface area (Å²) in [5, 5.41) is 8.01. The van der Waals surface area contributed by atoms with Gasteiger partial charge in [-0.2, -0.15) is 18.3 Å². The molecule has 4 amide bonds. The number of aromatic nitrogens is 2. The summed E-state index contributed by atoms with van der Waals surface area (Å²) < 4.78 is 57.9. The summed E-state index contributed by atoms with van der Waals surface area (Å²) in [4.78, 5) is 49.6. The lowest BCUT2D eigenvalue weighted by Gasteiger charge is -2.29. The lowest BCUT2D eigenvalue weighted by molar-refractivity contribution is -0.142. The third-order valence-corrected chi connectivity index (χ3v) is 5.94. The van der Waals surface area contributed by atoms with Crippen LogP contribution in [0.4, 0.5) is 22.4 Å². The number of alkyl halides is 3. The molecule has 3 heterocycles. The Bertz CT molecular complexity index is 1250. The molecule has 1 atom stereocenters. The van der Waals surface area contributed by atoms with Gasteiger partial charge >= 0.3 is 12.3 Å². The van der Waals surface area contributed by atoms with E-state index in [0.29, 0.717) is 4.68 Å². The lowest BCUT2D eigenvalue weighted by Crippen LogP contribution is -2.52. The highest BCUT2D eigenvalue weighted by Gasteiger charge is 2.42. The van der Waals surface area contributed by atoms with E-state index in [1.54, 1.807) is 0 Å². The van der Waals surface area contributed by atoms with Crippen molar-refractivity contribution in [2.75, 3.05) is 0 Å². The number of fused-ring (bicyclic) bond motifs is 1. The Kier molecular flexibility index (Phi) is 6.89. The van der Waals surface area contributed by atoms with Gasteiger partial charge < -0.3 is 15.0 Å². The molecule has 192 valence electrons. The Morgan fingerprint density at radius 1 is 1.31 bits per heavy atom. The van der Waals surface area contributed by atoms with Crippen molar-refractivity contribution >= 4 is 35.4 Å². The maximum absolute atomic E-state index is 15.2. The maximum Gasteiger partial charge on any atom is 0.408 e. The van der Waals surface area contributed by atoms with Gasteiger partial charge in [-0.15, -0.1) is 0 Å². The molecule has 4 rings (SSSR count). The quantitative estimate of drug-likeness (QED) is 0.436. The number of halogens is 5. The zero-order valence-corrected chi connectivity index (χ0v) is 19.1. The summed E-state index contributed by atoms with van der Waals surface area (Å²) in [5.41, 5.74) is -0.0482. The summed E-state index contributed by atoms with van der Waals surface area (Å²) in [6, 6.07) is 0.286. The summed E-state index contributed by atoms with van der Waals surface area (Å²) in [6.07, 6.45) is -3.14. The van der Waals surface area contributed by atoms with Gasteiger partial charge in [0, 0.05) is 47.4 Å². The van der Waals surface area contributed by atoms with E-state index in [4.69, 9.17) is 16.3 Å². The van der Waals surface area contributed by atoms with Crippen LogP contribution in [0.25, 0.3) is 0 Å². The average Bonchev–Trinajstić information content (AvgIpc) is 3.37. The van der Waals surface area contributed by atoms with E-state index < -0.39 is 54.9 Å². The van der Waals surface area contributed by atoms with Crippen LogP contribution in [-0.2, 0) is 40.6 Å². The maximum atomic E-state index is 15.2. The van der Waals surface area contributed by atoms with Crippen LogP contribution < -0.4 is 10.6 Å². The van der Waals surface area contributed by atoms with E-state index in [9.17, 15) is 32.3 Å². The molecule has 0 aliphatic carbocycles. The van der Waals surface area contributed by atoms with Crippen LogP contribution in [0.15, 0.2) is 18.5 Å². The van der Waals surface area contributed by atoms with Crippen molar-refractivity contribution in [3.8, 4) is 0 Å². The minimum absolute atomic E-state index is 0.0349. The molecule has 0 bridgehead atoms. The molecule has 0 saturated carbocycles. The van der Waals surface area contributed by atoms with Gasteiger partial charge in [0.15, 0.2) is 0 Å². The minimum atomic E-state index is -4.46. The lowest BCUT2D eigenvalue weighted by atomic mass is 10.0. The SMILES string of the molecule is O=C1CCC(N2Cc3c(Cl)cc(CNC(=O)OCc4cnn(CC(F)(F)F)c4)c(F)c3C2=O)C(=O)N1. The average molecular weight is 532 g/mol. The largest absolute Gasteiger partial charge is 0.445 e. The van der Waals surface area contributed by atoms with Gasteiger partial charge in [-0.05, 0) is 12.5 Å². The molecule has 2 aliphatic rings. The number of ether oxygens (including phenoxy) is 1. The Balaban J connectivity index is 1.38. The monoisotopic (exact) mass is 531 g/mol. The molecule has 2 aliphatic heterocycles. The molecule has 1 saturated heterocycles. The van der Waals surface area contributed by atoms with Gasteiger partial charge in [-0.3, -0.25) is 24.4 Å². The number of imide groups is 1. The molecule has 1 unspecified atom stereocenters. The zero-order chi connectivity index (χ0) is 26.2. The van der Waals surface area contributed by atoms with Crippen LogP contribution >= 0.6 is 11.6 Å². The van der Waals surface area contributed by atoms with Gasteiger partial charge in [0.25, 0.3) is 5.91 Å². The van der Waals surface area contributed by atoms with Crippen molar-refractivity contribution in [3.05, 3.63) is 51.6 Å². The molecule has 36 heavy (non-hydrogen) atoms. The highest BCUT2D eigenvalue weighted by Crippen LogP contribution is 2.35. The zero-order valence-electron chi connectivity index (χ0n) is 18.3.